The van der Waals surface area contributed by atoms with Crippen molar-refractivity contribution in [1.82, 2.24) is 0 Å². The Balaban J connectivity index is 1.97. The lowest BCUT2D eigenvalue weighted by atomic mass is 9.48. The van der Waals surface area contributed by atoms with Crippen molar-refractivity contribution in [3.63, 3.8) is 0 Å². The molecule has 3 atom stereocenters. The number of fused-ring (bicyclic) bond motifs is 2. The molecule has 3 unspecified atom stereocenters. The summed E-state index contributed by atoms with van der Waals surface area (Å²) >= 11 is 0. The van der Waals surface area contributed by atoms with Crippen LogP contribution in [-0.2, 0) is 9.53 Å². The number of hydrogen-bond acceptors (Lipinski definition) is 2. The van der Waals surface area contributed by atoms with E-state index in [4.69, 9.17) is 4.74 Å². The second-order valence-electron chi connectivity index (χ2n) is 6.07. The largest absolute Gasteiger partial charge is 0.462 e. The predicted octanol–water partition coefficient (Wildman–Crippen LogP) is 3.01. The zero-order chi connectivity index (χ0) is 11.2. The highest BCUT2D eigenvalue weighted by Gasteiger charge is 2.55. The summed E-state index contributed by atoms with van der Waals surface area (Å²) in [7, 11) is 0. The number of carbonyl (C=O) groups excluding carboxylic acids is 1. The van der Waals surface area contributed by atoms with Crippen LogP contribution in [0.2, 0.25) is 0 Å². The van der Waals surface area contributed by atoms with Gasteiger partial charge >= 0.3 is 5.97 Å². The van der Waals surface area contributed by atoms with Crippen LogP contribution in [0.4, 0.5) is 0 Å². The Labute approximate surface area is 92.4 Å². The molecule has 0 spiro atoms. The smallest absolute Gasteiger partial charge is 0.308 e. The SMILES string of the molecule is CC(C)C(=O)OC1CCC2CC1C2(C)C. The van der Waals surface area contributed by atoms with Crippen LogP contribution in [-0.4, -0.2) is 12.1 Å². The molecule has 0 saturated heterocycles. The first-order valence-electron chi connectivity index (χ1n) is 6.13. The van der Waals surface area contributed by atoms with E-state index in [1.165, 1.54) is 12.8 Å². The van der Waals surface area contributed by atoms with Crippen molar-refractivity contribution in [2.75, 3.05) is 0 Å². The third kappa shape index (κ3) is 1.68. The van der Waals surface area contributed by atoms with Crippen molar-refractivity contribution in [2.24, 2.45) is 23.2 Å². The second-order valence-corrected chi connectivity index (χ2v) is 6.07. The molecule has 3 aliphatic rings. The van der Waals surface area contributed by atoms with E-state index >= 15 is 0 Å². The van der Waals surface area contributed by atoms with Gasteiger partial charge in [-0.25, -0.2) is 0 Å². The van der Waals surface area contributed by atoms with Crippen molar-refractivity contribution < 1.29 is 9.53 Å². The lowest BCUT2D eigenvalue weighted by Crippen LogP contribution is -2.55. The van der Waals surface area contributed by atoms with E-state index < -0.39 is 0 Å². The maximum Gasteiger partial charge on any atom is 0.308 e. The fourth-order valence-electron chi connectivity index (χ4n) is 3.17. The van der Waals surface area contributed by atoms with Crippen molar-refractivity contribution in [3.8, 4) is 0 Å². The fourth-order valence-corrected chi connectivity index (χ4v) is 3.17. The van der Waals surface area contributed by atoms with E-state index in [2.05, 4.69) is 13.8 Å². The molecule has 3 rings (SSSR count). The van der Waals surface area contributed by atoms with Gasteiger partial charge in [-0.05, 0) is 30.6 Å². The summed E-state index contributed by atoms with van der Waals surface area (Å²) in [6.45, 7) is 8.45. The normalized spacial score (nSPS) is 37.3. The van der Waals surface area contributed by atoms with E-state index in [0.29, 0.717) is 11.3 Å². The highest BCUT2D eigenvalue weighted by atomic mass is 16.5. The lowest BCUT2D eigenvalue weighted by Gasteiger charge is -2.59. The molecular weight excluding hydrogens is 188 g/mol. The van der Waals surface area contributed by atoms with Gasteiger partial charge in [0, 0.05) is 5.92 Å². The van der Waals surface area contributed by atoms with Crippen molar-refractivity contribution >= 4 is 5.97 Å². The lowest BCUT2D eigenvalue weighted by molar-refractivity contribution is -0.185. The number of esters is 1. The monoisotopic (exact) mass is 210 g/mol. The third-order valence-electron chi connectivity index (χ3n) is 4.53. The molecule has 3 saturated carbocycles. The Bertz CT molecular complexity index is 266. The summed E-state index contributed by atoms with van der Waals surface area (Å²) < 4.78 is 5.60. The highest BCUT2D eigenvalue weighted by molar-refractivity contribution is 5.71. The number of rotatable bonds is 2. The molecule has 3 aliphatic carbocycles. The molecule has 0 aromatic rings. The van der Waals surface area contributed by atoms with Gasteiger partial charge in [0.15, 0.2) is 0 Å². The first kappa shape index (κ1) is 11.0. The van der Waals surface area contributed by atoms with Gasteiger partial charge in [-0.3, -0.25) is 4.79 Å². The predicted molar refractivity (Wildman–Crippen MR) is 59.3 cm³/mol. The Morgan fingerprint density at radius 2 is 2.00 bits per heavy atom. The van der Waals surface area contributed by atoms with E-state index in [0.717, 1.165) is 12.3 Å². The zero-order valence-electron chi connectivity index (χ0n) is 10.2. The minimum Gasteiger partial charge on any atom is -0.462 e. The molecule has 0 N–H and O–H groups in total. The van der Waals surface area contributed by atoms with E-state index in [-0.39, 0.29) is 18.0 Å². The van der Waals surface area contributed by atoms with Gasteiger partial charge < -0.3 is 4.74 Å². The molecule has 0 aromatic carbocycles. The molecule has 0 aliphatic heterocycles. The highest BCUT2D eigenvalue weighted by Crippen LogP contribution is 2.59. The third-order valence-corrected chi connectivity index (χ3v) is 4.53. The van der Waals surface area contributed by atoms with Crippen LogP contribution in [0.1, 0.15) is 47.0 Å². The van der Waals surface area contributed by atoms with Crippen LogP contribution in [0, 0.1) is 23.2 Å². The standard InChI is InChI=1S/C13H22O2/c1-8(2)12(14)15-11-6-5-9-7-10(11)13(9,3)4/h8-11H,5-7H2,1-4H3. The molecular formula is C13H22O2. The summed E-state index contributed by atoms with van der Waals surface area (Å²) in [5.74, 6) is 1.46. The fraction of sp³-hybridized carbons (Fsp3) is 0.923. The van der Waals surface area contributed by atoms with Crippen LogP contribution in [0.25, 0.3) is 0 Å². The number of hydrogen-bond donors (Lipinski definition) is 0. The van der Waals surface area contributed by atoms with Gasteiger partial charge in [0.2, 0.25) is 0 Å². The van der Waals surface area contributed by atoms with Crippen LogP contribution in [0.15, 0.2) is 0 Å². The molecule has 0 radical (unpaired) electrons. The summed E-state index contributed by atoms with van der Waals surface area (Å²) in [4.78, 5) is 11.6. The molecule has 0 aromatic heterocycles. The van der Waals surface area contributed by atoms with Gasteiger partial charge in [0.05, 0.1) is 5.92 Å². The molecule has 15 heavy (non-hydrogen) atoms. The van der Waals surface area contributed by atoms with Gasteiger partial charge in [-0.2, -0.15) is 0 Å². The molecule has 86 valence electrons. The van der Waals surface area contributed by atoms with Crippen molar-refractivity contribution in [2.45, 2.75) is 53.1 Å². The maximum absolute atomic E-state index is 11.6. The number of carbonyl (C=O) groups is 1. The topological polar surface area (TPSA) is 26.3 Å². The van der Waals surface area contributed by atoms with E-state index in [1.807, 2.05) is 13.8 Å². The van der Waals surface area contributed by atoms with Crippen LogP contribution >= 0.6 is 0 Å². The molecule has 3 fully saturated rings. The molecule has 0 heterocycles. The van der Waals surface area contributed by atoms with Gasteiger partial charge in [-0.15, -0.1) is 0 Å². The minimum absolute atomic E-state index is 0.00547. The molecule has 2 bridgehead atoms. The van der Waals surface area contributed by atoms with Crippen LogP contribution < -0.4 is 0 Å². The zero-order valence-corrected chi connectivity index (χ0v) is 10.2. The van der Waals surface area contributed by atoms with Crippen LogP contribution in [0.5, 0.6) is 0 Å². The van der Waals surface area contributed by atoms with Gasteiger partial charge in [-0.1, -0.05) is 27.7 Å². The van der Waals surface area contributed by atoms with Crippen molar-refractivity contribution in [1.29, 1.82) is 0 Å². The maximum atomic E-state index is 11.6. The molecule has 0 amide bonds. The van der Waals surface area contributed by atoms with E-state index in [1.54, 1.807) is 0 Å². The van der Waals surface area contributed by atoms with Gasteiger partial charge in [0.25, 0.3) is 0 Å². The second kappa shape index (κ2) is 3.50. The Hall–Kier alpha value is -0.530. The summed E-state index contributed by atoms with van der Waals surface area (Å²) in [5.41, 5.74) is 0.403. The van der Waals surface area contributed by atoms with Crippen molar-refractivity contribution in [3.05, 3.63) is 0 Å². The first-order chi connectivity index (χ1) is 6.93. The Morgan fingerprint density at radius 1 is 1.33 bits per heavy atom. The Morgan fingerprint density at radius 3 is 2.47 bits per heavy atom. The average Bonchev–Trinajstić information content (AvgIpc) is 2.17. The molecule has 2 nitrogen and oxygen atoms in total. The quantitative estimate of drug-likeness (QED) is 0.655. The van der Waals surface area contributed by atoms with Gasteiger partial charge in [0.1, 0.15) is 6.10 Å². The minimum atomic E-state index is -0.0267. The Kier molecular flexibility index (Phi) is 2.56. The summed E-state index contributed by atoms with van der Waals surface area (Å²) in [6, 6.07) is 0. The summed E-state index contributed by atoms with van der Waals surface area (Å²) in [5, 5.41) is 0. The first-order valence-corrected chi connectivity index (χ1v) is 6.13. The average molecular weight is 210 g/mol. The van der Waals surface area contributed by atoms with Crippen LogP contribution in [0.3, 0.4) is 0 Å². The molecule has 2 heteroatoms. The van der Waals surface area contributed by atoms with E-state index in [9.17, 15) is 4.79 Å². The summed E-state index contributed by atoms with van der Waals surface area (Å²) in [6.07, 6.45) is 3.78. The number of ether oxygens (including phenoxy) is 1.